The summed E-state index contributed by atoms with van der Waals surface area (Å²) in [6.07, 6.45) is 8.53. The minimum absolute atomic E-state index is 0.0762. The Morgan fingerprint density at radius 2 is 1.80 bits per heavy atom. The lowest BCUT2D eigenvalue weighted by atomic mass is 9.64. The number of esters is 1. The molecule has 0 radical (unpaired) electrons. The van der Waals surface area contributed by atoms with E-state index < -0.39 is 30.7 Å². The number of ether oxygens (including phenoxy) is 1. The monoisotopic (exact) mass is 421 g/mol. The lowest BCUT2D eigenvalue weighted by molar-refractivity contribution is -0.151. The van der Waals surface area contributed by atoms with Gasteiger partial charge >= 0.3 is 12.0 Å². The standard InChI is InChI=1S/C22H35N3O5/c1-15-10-21(2,3)14-22(11-15)19(28)25(20(29)24-22)12-18(27)30-13-17(26)23-16-8-6-4-5-7-9-16/h15-16H,4-14H2,1-3H3,(H,23,26)(H,24,29)/t15-,22+/m1/s1. The van der Waals surface area contributed by atoms with Crippen molar-refractivity contribution in [2.75, 3.05) is 13.2 Å². The fourth-order valence-corrected chi connectivity index (χ4v) is 5.66. The molecule has 168 valence electrons. The average Bonchev–Trinajstić information content (AvgIpc) is 2.83. The van der Waals surface area contributed by atoms with Crippen LogP contribution in [0.15, 0.2) is 0 Å². The van der Waals surface area contributed by atoms with E-state index in [-0.39, 0.29) is 29.2 Å². The van der Waals surface area contributed by atoms with Crippen LogP contribution < -0.4 is 10.6 Å². The van der Waals surface area contributed by atoms with Gasteiger partial charge in [0.25, 0.3) is 11.8 Å². The molecular formula is C22H35N3O5. The summed E-state index contributed by atoms with van der Waals surface area (Å²) in [5, 5.41) is 5.75. The smallest absolute Gasteiger partial charge is 0.326 e. The van der Waals surface area contributed by atoms with E-state index in [1.165, 1.54) is 12.8 Å². The second-order valence-electron chi connectivity index (χ2n) is 10.2. The Morgan fingerprint density at radius 1 is 1.13 bits per heavy atom. The third kappa shape index (κ3) is 5.32. The second-order valence-corrected chi connectivity index (χ2v) is 10.2. The van der Waals surface area contributed by atoms with E-state index in [1.54, 1.807) is 0 Å². The summed E-state index contributed by atoms with van der Waals surface area (Å²) in [4.78, 5) is 50.8. The Balaban J connectivity index is 1.50. The van der Waals surface area contributed by atoms with Crippen molar-refractivity contribution in [3.63, 3.8) is 0 Å². The van der Waals surface area contributed by atoms with E-state index in [0.717, 1.165) is 37.0 Å². The highest BCUT2D eigenvalue weighted by molar-refractivity contribution is 6.08. The number of nitrogens with zero attached hydrogens (tertiary/aromatic N) is 1. The number of nitrogens with one attached hydrogen (secondary N) is 2. The number of hydrogen-bond acceptors (Lipinski definition) is 5. The van der Waals surface area contributed by atoms with Crippen molar-refractivity contribution in [1.82, 2.24) is 15.5 Å². The molecule has 2 atom stereocenters. The predicted octanol–water partition coefficient (Wildman–Crippen LogP) is 2.51. The second kappa shape index (κ2) is 8.94. The molecule has 3 rings (SSSR count). The van der Waals surface area contributed by atoms with Crippen molar-refractivity contribution < 1.29 is 23.9 Å². The van der Waals surface area contributed by atoms with Crippen LogP contribution >= 0.6 is 0 Å². The molecule has 2 saturated carbocycles. The van der Waals surface area contributed by atoms with Gasteiger partial charge in [0.15, 0.2) is 6.61 Å². The number of amides is 4. The summed E-state index contributed by atoms with van der Waals surface area (Å²) in [7, 11) is 0. The first-order valence-electron chi connectivity index (χ1n) is 11.2. The summed E-state index contributed by atoms with van der Waals surface area (Å²) < 4.78 is 5.05. The molecule has 0 unspecified atom stereocenters. The molecule has 2 N–H and O–H groups in total. The normalized spacial score (nSPS) is 29.4. The van der Waals surface area contributed by atoms with Gasteiger partial charge in [-0.1, -0.05) is 46.5 Å². The third-order valence-electron chi connectivity index (χ3n) is 6.50. The molecule has 2 aliphatic carbocycles. The molecule has 30 heavy (non-hydrogen) atoms. The van der Waals surface area contributed by atoms with E-state index in [4.69, 9.17) is 4.74 Å². The van der Waals surface area contributed by atoms with Crippen LogP contribution in [0.5, 0.6) is 0 Å². The van der Waals surface area contributed by atoms with Gasteiger partial charge in [0.1, 0.15) is 12.1 Å². The van der Waals surface area contributed by atoms with Gasteiger partial charge in [-0.15, -0.1) is 0 Å². The fraction of sp³-hybridized carbons (Fsp3) is 0.818. The van der Waals surface area contributed by atoms with Gasteiger partial charge in [-0.3, -0.25) is 19.3 Å². The van der Waals surface area contributed by atoms with Crippen molar-refractivity contribution in [2.24, 2.45) is 11.3 Å². The minimum atomic E-state index is -0.949. The highest BCUT2D eigenvalue weighted by Crippen LogP contribution is 2.46. The van der Waals surface area contributed by atoms with Crippen LogP contribution in [-0.2, 0) is 19.1 Å². The van der Waals surface area contributed by atoms with Gasteiger partial charge in [0.2, 0.25) is 0 Å². The molecular weight excluding hydrogens is 386 g/mol. The highest BCUT2D eigenvalue weighted by Gasteiger charge is 2.56. The van der Waals surface area contributed by atoms with Gasteiger partial charge in [-0.05, 0) is 43.4 Å². The van der Waals surface area contributed by atoms with Crippen LogP contribution in [0.2, 0.25) is 0 Å². The summed E-state index contributed by atoms with van der Waals surface area (Å²) in [6.45, 7) is 5.39. The highest BCUT2D eigenvalue weighted by atomic mass is 16.5. The molecule has 1 heterocycles. The van der Waals surface area contributed by atoms with Gasteiger partial charge in [0, 0.05) is 6.04 Å². The Bertz CT molecular complexity index is 699. The predicted molar refractivity (Wildman–Crippen MR) is 110 cm³/mol. The molecule has 0 aromatic carbocycles. The zero-order chi connectivity index (χ0) is 21.9. The molecule has 4 amide bonds. The number of carbonyl (C=O) groups is 4. The van der Waals surface area contributed by atoms with Crippen LogP contribution in [0.1, 0.15) is 78.6 Å². The van der Waals surface area contributed by atoms with Crippen LogP contribution in [0, 0.1) is 11.3 Å². The van der Waals surface area contributed by atoms with Gasteiger partial charge in [-0.25, -0.2) is 4.79 Å². The molecule has 3 fully saturated rings. The summed E-state index contributed by atoms with van der Waals surface area (Å²) in [6, 6.07) is -0.439. The van der Waals surface area contributed by atoms with E-state index in [9.17, 15) is 19.2 Å². The van der Waals surface area contributed by atoms with E-state index in [1.807, 2.05) is 0 Å². The average molecular weight is 422 g/mol. The van der Waals surface area contributed by atoms with E-state index in [2.05, 4.69) is 31.4 Å². The quantitative estimate of drug-likeness (QED) is 0.403. The molecule has 8 heteroatoms. The molecule has 1 saturated heterocycles. The van der Waals surface area contributed by atoms with E-state index >= 15 is 0 Å². The molecule has 3 aliphatic rings. The van der Waals surface area contributed by atoms with Crippen molar-refractivity contribution in [1.29, 1.82) is 0 Å². The van der Waals surface area contributed by atoms with Gasteiger partial charge in [0.05, 0.1) is 0 Å². The Morgan fingerprint density at radius 3 is 2.43 bits per heavy atom. The molecule has 0 bridgehead atoms. The molecule has 1 aliphatic heterocycles. The van der Waals surface area contributed by atoms with Crippen molar-refractivity contribution >= 4 is 23.8 Å². The molecule has 0 aromatic heterocycles. The zero-order valence-electron chi connectivity index (χ0n) is 18.4. The first-order chi connectivity index (χ1) is 14.1. The maximum Gasteiger partial charge on any atom is 0.326 e. The molecule has 8 nitrogen and oxygen atoms in total. The molecule has 1 spiro atoms. The van der Waals surface area contributed by atoms with Crippen molar-refractivity contribution in [2.45, 2.75) is 90.1 Å². The number of hydrogen-bond donors (Lipinski definition) is 2. The number of urea groups is 1. The summed E-state index contributed by atoms with van der Waals surface area (Å²) in [5.74, 6) is -1.17. The SMILES string of the molecule is C[C@@H]1CC(C)(C)C[C@]2(C1)NC(=O)N(CC(=O)OCC(=O)NC1CCCCCC1)C2=O. The lowest BCUT2D eigenvalue weighted by Gasteiger charge is -2.43. The van der Waals surface area contributed by atoms with E-state index in [0.29, 0.717) is 12.8 Å². The Labute approximate surface area is 178 Å². The van der Waals surface area contributed by atoms with Crippen LogP contribution in [0.3, 0.4) is 0 Å². The third-order valence-corrected chi connectivity index (χ3v) is 6.50. The van der Waals surface area contributed by atoms with Crippen molar-refractivity contribution in [3.8, 4) is 0 Å². The minimum Gasteiger partial charge on any atom is -0.454 e. The number of carbonyl (C=O) groups excluding carboxylic acids is 4. The summed E-state index contributed by atoms with van der Waals surface area (Å²) >= 11 is 0. The topological polar surface area (TPSA) is 105 Å². The Kier molecular flexibility index (Phi) is 6.72. The van der Waals surface area contributed by atoms with Crippen LogP contribution in [0.4, 0.5) is 4.79 Å². The maximum atomic E-state index is 13.1. The maximum absolute atomic E-state index is 13.1. The molecule has 0 aromatic rings. The zero-order valence-corrected chi connectivity index (χ0v) is 18.4. The van der Waals surface area contributed by atoms with Gasteiger partial charge < -0.3 is 15.4 Å². The number of imide groups is 1. The van der Waals surface area contributed by atoms with Crippen molar-refractivity contribution in [3.05, 3.63) is 0 Å². The lowest BCUT2D eigenvalue weighted by Crippen LogP contribution is -2.54. The first-order valence-corrected chi connectivity index (χ1v) is 11.2. The number of rotatable bonds is 5. The first kappa shape index (κ1) is 22.6. The summed E-state index contributed by atoms with van der Waals surface area (Å²) in [5.41, 5.74) is -1.03. The largest absolute Gasteiger partial charge is 0.454 e. The van der Waals surface area contributed by atoms with Crippen LogP contribution in [0.25, 0.3) is 0 Å². The van der Waals surface area contributed by atoms with Gasteiger partial charge in [-0.2, -0.15) is 0 Å². The van der Waals surface area contributed by atoms with Crippen LogP contribution in [-0.4, -0.2) is 53.4 Å². The fourth-order valence-electron chi connectivity index (χ4n) is 5.66. The Hall–Kier alpha value is -2.12.